The fraction of sp³-hybridized carbons (Fsp3) is 0.471. The van der Waals surface area contributed by atoms with Gasteiger partial charge < -0.3 is 15.5 Å². The van der Waals surface area contributed by atoms with Crippen molar-refractivity contribution in [3.8, 4) is 0 Å². The minimum Gasteiger partial charge on any atom is -0.353 e. The number of carbonyl (C=O) groups is 3. The Morgan fingerprint density at radius 3 is 2.75 bits per heavy atom. The largest absolute Gasteiger partial charge is 0.353 e. The molecule has 0 aliphatic carbocycles. The Morgan fingerprint density at radius 1 is 1.38 bits per heavy atom. The third-order valence-electron chi connectivity index (χ3n) is 3.76. The Morgan fingerprint density at radius 2 is 2.08 bits per heavy atom. The van der Waals surface area contributed by atoms with Gasteiger partial charge in [-0.3, -0.25) is 14.4 Å². The van der Waals surface area contributed by atoms with Crippen molar-refractivity contribution in [2.75, 3.05) is 24.2 Å². The average molecular weight is 349 g/mol. The quantitative estimate of drug-likeness (QED) is 0.794. The number of piperazine rings is 1. The van der Waals surface area contributed by atoms with Crippen LogP contribution in [0.1, 0.15) is 20.8 Å². The van der Waals surface area contributed by atoms with Gasteiger partial charge in [0.2, 0.25) is 17.7 Å². The number of hydrogen-bond acceptors (Lipinski definition) is 4. The summed E-state index contributed by atoms with van der Waals surface area (Å²) < 4.78 is 0. The number of carbonyl (C=O) groups excluding carboxylic acids is 3. The van der Waals surface area contributed by atoms with Crippen LogP contribution in [0.5, 0.6) is 0 Å². The van der Waals surface area contributed by atoms with E-state index in [9.17, 15) is 14.4 Å². The maximum Gasteiger partial charge on any atom is 0.243 e. The van der Waals surface area contributed by atoms with Gasteiger partial charge in [0, 0.05) is 24.9 Å². The second-order valence-corrected chi connectivity index (χ2v) is 7.05. The molecule has 0 radical (unpaired) electrons. The minimum atomic E-state index is -0.419. The highest BCUT2D eigenvalue weighted by Crippen LogP contribution is 2.28. The van der Waals surface area contributed by atoms with Gasteiger partial charge in [-0.2, -0.15) is 0 Å². The first kappa shape index (κ1) is 18.3. The summed E-state index contributed by atoms with van der Waals surface area (Å²) in [6, 6.07) is 6.95. The van der Waals surface area contributed by atoms with Crippen LogP contribution >= 0.6 is 11.8 Å². The summed E-state index contributed by atoms with van der Waals surface area (Å²) in [7, 11) is 0. The second kappa shape index (κ2) is 8.19. The molecule has 1 atom stereocenters. The molecule has 1 fully saturated rings. The van der Waals surface area contributed by atoms with E-state index < -0.39 is 6.04 Å². The zero-order valence-electron chi connectivity index (χ0n) is 14.2. The van der Waals surface area contributed by atoms with Crippen molar-refractivity contribution >= 4 is 35.2 Å². The fourth-order valence-corrected chi connectivity index (χ4v) is 3.63. The number of nitrogens with zero attached hydrogens (tertiary/aromatic N) is 1. The molecule has 130 valence electrons. The summed E-state index contributed by atoms with van der Waals surface area (Å²) in [6.07, 6.45) is 0. The number of nitrogens with one attached hydrogen (secondary N) is 2. The van der Waals surface area contributed by atoms with E-state index in [1.54, 1.807) is 11.0 Å². The van der Waals surface area contributed by atoms with Gasteiger partial charge in [0.25, 0.3) is 0 Å². The molecule has 1 aromatic rings. The van der Waals surface area contributed by atoms with Crippen LogP contribution < -0.4 is 10.6 Å². The van der Waals surface area contributed by atoms with Crippen LogP contribution in [0, 0.1) is 5.92 Å². The minimum absolute atomic E-state index is 0.0610. The highest BCUT2D eigenvalue weighted by atomic mass is 32.2. The average Bonchev–Trinajstić information content (AvgIpc) is 2.52. The number of anilines is 1. The van der Waals surface area contributed by atoms with E-state index in [2.05, 4.69) is 10.6 Å². The third-order valence-corrected chi connectivity index (χ3v) is 4.82. The maximum absolute atomic E-state index is 12.6. The SMILES string of the molecule is CC(=O)Nc1ccccc1SCC(=O)N1CCNC(=O)C1C(C)C. The standard InChI is InChI=1S/C17H23N3O3S/c1-11(2)16-17(23)18-8-9-20(16)15(22)10-24-14-7-5-4-6-13(14)19-12(3)21/h4-7,11,16H,8-10H2,1-3H3,(H,18,23)(H,19,21). The molecule has 0 aromatic heterocycles. The van der Waals surface area contributed by atoms with E-state index in [1.165, 1.54) is 18.7 Å². The monoisotopic (exact) mass is 349 g/mol. The molecule has 2 rings (SSSR count). The predicted molar refractivity (Wildman–Crippen MR) is 94.8 cm³/mol. The summed E-state index contributed by atoms with van der Waals surface area (Å²) in [4.78, 5) is 38.4. The topological polar surface area (TPSA) is 78.5 Å². The number of hydrogen-bond donors (Lipinski definition) is 2. The molecule has 2 N–H and O–H groups in total. The molecule has 0 saturated carbocycles. The Labute approximate surface area is 146 Å². The molecule has 24 heavy (non-hydrogen) atoms. The zero-order valence-corrected chi connectivity index (χ0v) is 15.0. The van der Waals surface area contributed by atoms with Crippen LogP contribution in [0.2, 0.25) is 0 Å². The molecule has 1 unspecified atom stereocenters. The van der Waals surface area contributed by atoms with Crippen LogP contribution in [0.25, 0.3) is 0 Å². The van der Waals surface area contributed by atoms with Crippen molar-refractivity contribution in [3.63, 3.8) is 0 Å². The molecule has 0 bridgehead atoms. The van der Waals surface area contributed by atoms with Gasteiger partial charge in [-0.15, -0.1) is 11.8 Å². The van der Waals surface area contributed by atoms with E-state index in [4.69, 9.17) is 0 Å². The van der Waals surface area contributed by atoms with Crippen LogP contribution in [0.4, 0.5) is 5.69 Å². The molecule has 6 nitrogen and oxygen atoms in total. The Balaban J connectivity index is 2.05. The third kappa shape index (κ3) is 4.50. The Kier molecular flexibility index (Phi) is 6.25. The van der Waals surface area contributed by atoms with Crippen molar-refractivity contribution in [3.05, 3.63) is 24.3 Å². The molecule has 1 aliphatic heterocycles. The molecular formula is C17H23N3O3S. The van der Waals surface area contributed by atoms with Crippen LogP contribution in [0.3, 0.4) is 0 Å². The molecule has 7 heteroatoms. The first-order chi connectivity index (χ1) is 11.4. The highest BCUT2D eigenvalue weighted by Gasteiger charge is 2.34. The van der Waals surface area contributed by atoms with Gasteiger partial charge in [-0.05, 0) is 18.1 Å². The lowest BCUT2D eigenvalue weighted by atomic mass is 10.00. The lowest BCUT2D eigenvalue weighted by Gasteiger charge is -2.37. The molecule has 1 aromatic carbocycles. The number of benzene rings is 1. The van der Waals surface area contributed by atoms with Gasteiger partial charge in [-0.1, -0.05) is 26.0 Å². The number of thioether (sulfide) groups is 1. The molecule has 1 saturated heterocycles. The first-order valence-corrected chi connectivity index (χ1v) is 8.95. The van der Waals surface area contributed by atoms with Crippen molar-refractivity contribution < 1.29 is 14.4 Å². The van der Waals surface area contributed by atoms with E-state index in [0.29, 0.717) is 18.8 Å². The maximum atomic E-state index is 12.6. The van der Waals surface area contributed by atoms with Gasteiger partial charge in [0.05, 0.1) is 11.4 Å². The van der Waals surface area contributed by atoms with E-state index in [0.717, 1.165) is 4.90 Å². The molecular weight excluding hydrogens is 326 g/mol. The van der Waals surface area contributed by atoms with Crippen LogP contribution in [-0.4, -0.2) is 47.5 Å². The van der Waals surface area contributed by atoms with Crippen LogP contribution in [0.15, 0.2) is 29.2 Å². The number of rotatable bonds is 5. The van der Waals surface area contributed by atoms with Crippen molar-refractivity contribution in [2.24, 2.45) is 5.92 Å². The van der Waals surface area contributed by atoms with Crippen molar-refractivity contribution in [1.29, 1.82) is 0 Å². The lowest BCUT2D eigenvalue weighted by molar-refractivity contribution is -0.143. The van der Waals surface area contributed by atoms with Gasteiger partial charge in [0.15, 0.2) is 0 Å². The van der Waals surface area contributed by atoms with E-state index in [1.807, 2.05) is 32.0 Å². The zero-order chi connectivity index (χ0) is 17.7. The Bertz CT molecular complexity index is 633. The molecule has 0 spiro atoms. The van der Waals surface area contributed by atoms with Gasteiger partial charge in [0.1, 0.15) is 6.04 Å². The summed E-state index contributed by atoms with van der Waals surface area (Å²) in [6.45, 7) is 6.35. The lowest BCUT2D eigenvalue weighted by Crippen LogP contribution is -2.59. The van der Waals surface area contributed by atoms with Crippen molar-refractivity contribution in [2.45, 2.75) is 31.7 Å². The van der Waals surface area contributed by atoms with E-state index in [-0.39, 0.29) is 29.4 Å². The first-order valence-electron chi connectivity index (χ1n) is 7.96. The Hall–Kier alpha value is -2.02. The van der Waals surface area contributed by atoms with E-state index >= 15 is 0 Å². The fourth-order valence-electron chi connectivity index (χ4n) is 2.74. The van der Waals surface area contributed by atoms with Crippen molar-refractivity contribution in [1.82, 2.24) is 10.2 Å². The van der Waals surface area contributed by atoms with Gasteiger partial charge in [-0.25, -0.2) is 0 Å². The predicted octanol–water partition coefficient (Wildman–Crippen LogP) is 1.72. The summed E-state index contributed by atoms with van der Waals surface area (Å²) in [5.74, 6) is -0.0140. The van der Waals surface area contributed by atoms with Gasteiger partial charge >= 0.3 is 0 Å². The molecule has 1 heterocycles. The number of para-hydroxylation sites is 1. The molecule has 3 amide bonds. The summed E-state index contributed by atoms with van der Waals surface area (Å²) >= 11 is 1.37. The second-order valence-electron chi connectivity index (χ2n) is 6.03. The molecule has 1 aliphatic rings. The summed E-state index contributed by atoms with van der Waals surface area (Å²) in [5, 5.41) is 5.58. The summed E-state index contributed by atoms with van der Waals surface area (Å²) in [5.41, 5.74) is 0.694. The van der Waals surface area contributed by atoms with Crippen LogP contribution in [-0.2, 0) is 14.4 Å². The smallest absolute Gasteiger partial charge is 0.243 e. The normalized spacial score (nSPS) is 17.6. The highest BCUT2D eigenvalue weighted by molar-refractivity contribution is 8.00. The number of amides is 3.